The van der Waals surface area contributed by atoms with Crippen molar-refractivity contribution in [1.82, 2.24) is 9.97 Å². The molecular weight excluding hydrogens is 228 g/mol. The van der Waals surface area contributed by atoms with Crippen LogP contribution in [0, 0.1) is 0 Å². The fourth-order valence-corrected chi connectivity index (χ4v) is 1.10. The smallest absolute Gasteiger partial charge is 0.273 e. The number of hydrogen-bond acceptors (Lipinski definition) is 4. The number of rotatable bonds is 6. The summed E-state index contributed by atoms with van der Waals surface area (Å²) in [6.45, 7) is 5.76. The summed E-state index contributed by atoms with van der Waals surface area (Å²) in [6, 6.07) is 0. The molecule has 1 N–H and O–H groups in total. The number of halogens is 2. The molecule has 0 aromatic carbocycles. The zero-order valence-corrected chi connectivity index (χ0v) is 10.2. The molecule has 1 heterocycles. The van der Waals surface area contributed by atoms with Crippen molar-refractivity contribution in [3.05, 3.63) is 18.0 Å². The zero-order chi connectivity index (χ0) is 12.9. The van der Waals surface area contributed by atoms with Gasteiger partial charge in [-0.1, -0.05) is 0 Å². The largest absolute Gasteiger partial charge is 0.377 e. The molecule has 0 aliphatic rings. The highest BCUT2D eigenvalue weighted by molar-refractivity contribution is 5.25. The molecule has 6 heteroatoms. The standard InChI is InChI=1S/C11H17F2N3O/c1-8(2)17-5-4-14-10-15-6-9(7-16-10)11(3,12)13/h6-8H,4-5H2,1-3H3,(H,14,15,16). The molecule has 0 fully saturated rings. The summed E-state index contributed by atoms with van der Waals surface area (Å²) in [5, 5.41) is 2.89. The highest BCUT2D eigenvalue weighted by Crippen LogP contribution is 2.25. The van der Waals surface area contributed by atoms with Crippen molar-refractivity contribution in [1.29, 1.82) is 0 Å². The van der Waals surface area contributed by atoms with E-state index in [0.29, 0.717) is 19.1 Å². The van der Waals surface area contributed by atoms with E-state index >= 15 is 0 Å². The highest BCUT2D eigenvalue weighted by atomic mass is 19.3. The number of ether oxygens (including phenoxy) is 1. The molecule has 0 saturated carbocycles. The first-order valence-electron chi connectivity index (χ1n) is 5.45. The summed E-state index contributed by atoms with van der Waals surface area (Å²) >= 11 is 0. The summed E-state index contributed by atoms with van der Waals surface area (Å²) in [6.07, 6.45) is 2.41. The van der Waals surface area contributed by atoms with E-state index in [-0.39, 0.29) is 11.7 Å². The topological polar surface area (TPSA) is 47.0 Å². The van der Waals surface area contributed by atoms with Gasteiger partial charge in [0.25, 0.3) is 5.92 Å². The van der Waals surface area contributed by atoms with Crippen LogP contribution in [-0.2, 0) is 10.7 Å². The van der Waals surface area contributed by atoms with Gasteiger partial charge in [0.1, 0.15) is 0 Å². The number of nitrogens with one attached hydrogen (secondary N) is 1. The van der Waals surface area contributed by atoms with Crippen molar-refractivity contribution in [2.45, 2.75) is 32.8 Å². The number of hydrogen-bond donors (Lipinski definition) is 1. The lowest BCUT2D eigenvalue weighted by Gasteiger charge is -2.11. The van der Waals surface area contributed by atoms with Gasteiger partial charge in [-0.25, -0.2) is 18.7 Å². The van der Waals surface area contributed by atoms with Crippen LogP contribution in [0.15, 0.2) is 12.4 Å². The number of anilines is 1. The van der Waals surface area contributed by atoms with Crippen LogP contribution in [0.2, 0.25) is 0 Å². The summed E-state index contributed by atoms with van der Waals surface area (Å²) in [5.41, 5.74) is -0.193. The molecule has 4 nitrogen and oxygen atoms in total. The predicted octanol–water partition coefficient (Wildman–Crippen LogP) is 2.43. The van der Waals surface area contributed by atoms with Crippen molar-refractivity contribution in [3.8, 4) is 0 Å². The maximum Gasteiger partial charge on any atom is 0.273 e. The van der Waals surface area contributed by atoms with Crippen LogP contribution < -0.4 is 5.32 Å². The quantitative estimate of drug-likeness (QED) is 0.782. The molecule has 0 radical (unpaired) electrons. The Morgan fingerprint density at radius 1 is 1.35 bits per heavy atom. The fraction of sp³-hybridized carbons (Fsp3) is 0.636. The predicted molar refractivity (Wildman–Crippen MR) is 61.2 cm³/mol. The lowest BCUT2D eigenvalue weighted by Crippen LogP contribution is -2.15. The molecule has 0 saturated heterocycles. The van der Waals surface area contributed by atoms with Gasteiger partial charge in [0.05, 0.1) is 18.3 Å². The lowest BCUT2D eigenvalue weighted by atomic mass is 10.2. The molecule has 17 heavy (non-hydrogen) atoms. The summed E-state index contributed by atoms with van der Waals surface area (Å²) in [5.74, 6) is -2.58. The van der Waals surface area contributed by atoms with Crippen LogP contribution in [0.1, 0.15) is 26.3 Å². The van der Waals surface area contributed by atoms with Crippen LogP contribution >= 0.6 is 0 Å². The Kier molecular flexibility index (Phi) is 4.74. The minimum Gasteiger partial charge on any atom is -0.377 e. The van der Waals surface area contributed by atoms with Crippen molar-refractivity contribution in [2.75, 3.05) is 18.5 Å². The van der Waals surface area contributed by atoms with E-state index in [1.165, 1.54) is 0 Å². The Morgan fingerprint density at radius 2 is 1.94 bits per heavy atom. The van der Waals surface area contributed by atoms with Gasteiger partial charge < -0.3 is 10.1 Å². The minimum atomic E-state index is -2.90. The third-order valence-electron chi connectivity index (χ3n) is 2.00. The van der Waals surface area contributed by atoms with Gasteiger partial charge in [-0.2, -0.15) is 0 Å². The Morgan fingerprint density at radius 3 is 2.41 bits per heavy atom. The molecule has 1 aromatic rings. The highest BCUT2D eigenvalue weighted by Gasteiger charge is 2.24. The average molecular weight is 245 g/mol. The van der Waals surface area contributed by atoms with Gasteiger partial charge in [0, 0.05) is 25.9 Å². The first-order valence-corrected chi connectivity index (χ1v) is 5.45. The van der Waals surface area contributed by atoms with Crippen LogP contribution in [0.5, 0.6) is 0 Å². The van der Waals surface area contributed by atoms with E-state index in [9.17, 15) is 8.78 Å². The molecule has 0 atom stereocenters. The molecule has 96 valence electrons. The van der Waals surface area contributed by atoms with Crippen molar-refractivity contribution >= 4 is 5.95 Å². The van der Waals surface area contributed by atoms with Crippen molar-refractivity contribution in [3.63, 3.8) is 0 Å². The van der Waals surface area contributed by atoms with Crippen LogP contribution in [0.3, 0.4) is 0 Å². The van der Waals surface area contributed by atoms with Crippen LogP contribution in [0.4, 0.5) is 14.7 Å². The Balaban J connectivity index is 2.41. The SMILES string of the molecule is CC(C)OCCNc1ncc(C(C)(F)F)cn1. The fourth-order valence-electron chi connectivity index (χ4n) is 1.10. The van der Waals surface area contributed by atoms with Gasteiger partial charge in [0.15, 0.2) is 0 Å². The first kappa shape index (κ1) is 13.8. The molecule has 1 rings (SSSR count). The van der Waals surface area contributed by atoms with Gasteiger partial charge in [-0.15, -0.1) is 0 Å². The van der Waals surface area contributed by atoms with E-state index in [0.717, 1.165) is 19.3 Å². The summed E-state index contributed by atoms with van der Waals surface area (Å²) in [7, 11) is 0. The third kappa shape index (κ3) is 5.04. The second-order valence-corrected chi connectivity index (χ2v) is 4.03. The van der Waals surface area contributed by atoms with E-state index in [4.69, 9.17) is 4.74 Å². The molecule has 0 aliphatic carbocycles. The maximum atomic E-state index is 12.9. The molecule has 1 aromatic heterocycles. The molecule has 0 aliphatic heterocycles. The van der Waals surface area contributed by atoms with Crippen molar-refractivity contribution < 1.29 is 13.5 Å². The van der Waals surface area contributed by atoms with E-state index in [2.05, 4.69) is 15.3 Å². The maximum absolute atomic E-state index is 12.9. The van der Waals surface area contributed by atoms with Crippen molar-refractivity contribution in [2.24, 2.45) is 0 Å². The first-order chi connectivity index (χ1) is 7.89. The molecular formula is C11H17F2N3O. The van der Waals surface area contributed by atoms with E-state index in [1.807, 2.05) is 13.8 Å². The molecule has 0 amide bonds. The van der Waals surface area contributed by atoms with Gasteiger partial charge >= 0.3 is 0 Å². The minimum absolute atomic E-state index is 0.166. The summed E-state index contributed by atoms with van der Waals surface area (Å²) in [4.78, 5) is 7.61. The lowest BCUT2D eigenvalue weighted by molar-refractivity contribution is 0.0167. The zero-order valence-electron chi connectivity index (χ0n) is 10.2. The number of alkyl halides is 2. The number of aromatic nitrogens is 2. The molecule has 0 unspecified atom stereocenters. The molecule has 0 bridgehead atoms. The van der Waals surface area contributed by atoms with E-state index < -0.39 is 5.92 Å². The van der Waals surface area contributed by atoms with Gasteiger partial charge in [0.2, 0.25) is 5.95 Å². The van der Waals surface area contributed by atoms with E-state index in [1.54, 1.807) is 0 Å². The Labute approximate surface area is 99.4 Å². The van der Waals surface area contributed by atoms with Gasteiger partial charge in [-0.3, -0.25) is 0 Å². The number of nitrogens with zero attached hydrogens (tertiary/aromatic N) is 2. The summed E-state index contributed by atoms with van der Waals surface area (Å²) < 4.78 is 31.0. The second-order valence-electron chi connectivity index (χ2n) is 4.03. The monoisotopic (exact) mass is 245 g/mol. The Hall–Kier alpha value is -1.30. The third-order valence-corrected chi connectivity index (χ3v) is 2.00. The van der Waals surface area contributed by atoms with Gasteiger partial charge in [-0.05, 0) is 13.8 Å². The average Bonchev–Trinajstić information content (AvgIpc) is 2.23. The Bertz CT molecular complexity index is 336. The van der Waals surface area contributed by atoms with Crippen LogP contribution in [0.25, 0.3) is 0 Å². The van der Waals surface area contributed by atoms with Crippen LogP contribution in [-0.4, -0.2) is 29.2 Å². The second kappa shape index (κ2) is 5.86. The molecule has 0 spiro atoms. The normalized spacial score (nSPS) is 11.9.